The van der Waals surface area contributed by atoms with E-state index in [1.165, 1.54) is 59.9 Å². The molecule has 1 amide bonds. The fraction of sp³-hybridized carbons (Fsp3) is 0. The molecule has 4 aromatic rings. The first-order valence-corrected chi connectivity index (χ1v) is 12.1. The molecule has 0 aliphatic heterocycles. The van der Waals surface area contributed by atoms with E-state index in [1.807, 2.05) is 0 Å². The highest BCUT2D eigenvalue weighted by Gasteiger charge is 2.16. The molecular weight excluding hydrogens is 501 g/mol. The van der Waals surface area contributed by atoms with Crippen LogP contribution in [-0.4, -0.2) is 19.3 Å². The van der Waals surface area contributed by atoms with Gasteiger partial charge in [-0.2, -0.15) is 0 Å². The Morgan fingerprint density at radius 2 is 1.52 bits per heavy atom. The SMILES string of the molecule is O=C(Nc1nc2c(Cl)ccc(Cl)c2s1)c1ccc(NS(=O)(=O)c2ccc(Cl)cc2)cc1. The first kappa shape index (κ1) is 21.9. The molecule has 0 bridgehead atoms. The first-order chi connectivity index (χ1) is 14.7. The molecule has 0 saturated carbocycles. The Kier molecular flexibility index (Phi) is 6.09. The Balaban J connectivity index is 1.49. The van der Waals surface area contributed by atoms with Crippen LogP contribution in [0.4, 0.5) is 10.8 Å². The number of hydrogen-bond acceptors (Lipinski definition) is 5. The van der Waals surface area contributed by atoms with Crippen molar-refractivity contribution in [3.63, 3.8) is 0 Å². The molecule has 0 aliphatic carbocycles. The Hall–Kier alpha value is -2.36. The van der Waals surface area contributed by atoms with Crippen molar-refractivity contribution in [2.45, 2.75) is 4.90 Å². The van der Waals surface area contributed by atoms with Crippen molar-refractivity contribution in [3.8, 4) is 0 Å². The second-order valence-electron chi connectivity index (χ2n) is 6.32. The summed E-state index contributed by atoms with van der Waals surface area (Å²) >= 11 is 19.3. The fourth-order valence-corrected chi connectivity index (χ4v) is 5.29. The molecule has 1 heterocycles. The minimum atomic E-state index is -3.78. The summed E-state index contributed by atoms with van der Waals surface area (Å²) in [4.78, 5) is 16.9. The summed E-state index contributed by atoms with van der Waals surface area (Å²) in [5, 5.41) is 4.42. The zero-order chi connectivity index (χ0) is 22.2. The molecule has 3 aromatic carbocycles. The third-order valence-corrected chi connectivity index (χ3v) is 7.58. The van der Waals surface area contributed by atoms with Crippen LogP contribution in [0.5, 0.6) is 0 Å². The first-order valence-electron chi connectivity index (χ1n) is 8.67. The van der Waals surface area contributed by atoms with Crippen molar-refractivity contribution >= 4 is 83.1 Å². The van der Waals surface area contributed by atoms with Gasteiger partial charge >= 0.3 is 0 Å². The molecule has 0 atom stereocenters. The number of anilines is 2. The summed E-state index contributed by atoms with van der Waals surface area (Å²) in [5.41, 5.74) is 1.15. The maximum absolute atomic E-state index is 12.5. The zero-order valence-corrected chi connectivity index (χ0v) is 19.3. The number of carbonyl (C=O) groups excluding carboxylic acids is 1. The molecule has 11 heteroatoms. The number of rotatable bonds is 5. The van der Waals surface area contributed by atoms with E-state index in [0.717, 1.165) is 0 Å². The van der Waals surface area contributed by atoms with E-state index in [1.54, 1.807) is 12.1 Å². The maximum atomic E-state index is 12.5. The third kappa shape index (κ3) is 4.78. The molecule has 0 fully saturated rings. The Bertz CT molecular complexity index is 1350. The van der Waals surface area contributed by atoms with Crippen molar-refractivity contribution in [2.24, 2.45) is 0 Å². The van der Waals surface area contributed by atoms with Gasteiger partial charge in [0.1, 0.15) is 5.52 Å². The van der Waals surface area contributed by atoms with Crippen molar-refractivity contribution in [3.05, 3.63) is 81.3 Å². The molecular formula is C20H12Cl3N3O3S2. The normalized spacial score (nSPS) is 11.5. The van der Waals surface area contributed by atoms with Gasteiger partial charge in [0.2, 0.25) is 0 Å². The van der Waals surface area contributed by atoms with Crippen LogP contribution in [0.3, 0.4) is 0 Å². The summed E-state index contributed by atoms with van der Waals surface area (Å²) in [5.74, 6) is -0.404. The summed E-state index contributed by atoms with van der Waals surface area (Å²) < 4.78 is 28.0. The molecule has 0 saturated heterocycles. The highest BCUT2D eigenvalue weighted by Crippen LogP contribution is 2.36. The van der Waals surface area contributed by atoms with E-state index in [4.69, 9.17) is 34.8 Å². The van der Waals surface area contributed by atoms with E-state index in [9.17, 15) is 13.2 Å². The Morgan fingerprint density at radius 1 is 0.871 bits per heavy atom. The number of hydrogen-bond donors (Lipinski definition) is 2. The summed E-state index contributed by atoms with van der Waals surface area (Å²) in [6, 6.07) is 15.1. The molecule has 2 N–H and O–H groups in total. The van der Waals surface area contributed by atoms with Crippen LogP contribution in [0, 0.1) is 0 Å². The van der Waals surface area contributed by atoms with Crippen LogP contribution in [-0.2, 0) is 10.0 Å². The molecule has 0 aliphatic rings. The topological polar surface area (TPSA) is 88.2 Å². The molecule has 6 nitrogen and oxygen atoms in total. The zero-order valence-electron chi connectivity index (χ0n) is 15.4. The summed E-state index contributed by atoms with van der Waals surface area (Å²) in [6.07, 6.45) is 0. The van der Waals surface area contributed by atoms with Gasteiger partial charge in [-0.1, -0.05) is 46.1 Å². The number of fused-ring (bicyclic) bond motifs is 1. The van der Waals surface area contributed by atoms with Gasteiger partial charge in [-0.3, -0.25) is 14.8 Å². The molecule has 158 valence electrons. The molecule has 4 rings (SSSR count). The lowest BCUT2D eigenvalue weighted by Crippen LogP contribution is -2.14. The number of aromatic nitrogens is 1. The molecule has 1 aromatic heterocycles. The van der Waals surface area contributed by atoms with Crippen LogP contribution in [0.25, 0.3) is 10.2 Å². The smallest absolute Gasteiger partial charge is 0.261 e. The lowest BCUT2D eigenvalue weighted by molar-refractivity contribution is 0.102. The second kappa shape index (κ2) is 8.64. The van der Waals surface area contributed by atoms with Gasteiger partial charge in [0.25, 0.3) is 15.9 Å². The van der Waals surface area contributed by atoms with Gasteiger partial charge in [0.15, 0.2) is 5.13 Å². The number of benzene rings is 3. The van der Waals surface area contributed by atoms with Crippen molar-refractivity contribution in [1.29, 1.82) is 0 Å². The monoisotopic (exact) mass is 511 g/mol. The minimum absolute atomic E-state index is 0.0758. The summed E-state index contributed by atoms with van der Waals surface area (Å²) in [6.45, 7) is 0. The maximum Gasteiger partial charge on any atom is 0.261 e. The van der Waals surface area contributed by atoms with E-state index in [-0.39, 0.29) is 4.90 Å². The van der Waals surface area contributed by atoms with E-state index in [0.29, 0.717) is 41.7 Å². The lowest BCUT2D eigenvalue weighted by Gasteiger charge is -2.09. The fourth-order valence-electron chi connectivity index (χ4n) is 2.69. The molecule has 0 spiro atoms. The number of amides is 1. The van der Waals surface area contributed by atoms with Crippen molar-refractivity contribution in [2.75, 3.05) is 10.0 Å². The number of halogens is 3. The molecule has 31 heavy (non-hydrogen) atoms. The Morgan fingerprint density at radius 3 is 2.16 bits per heavy atom. The number of sulfonamides is 1. The standard InChI is InChI=1S/C20H12Cl3N3O3S2/c21-12-3-7-14(8-4-12)31(28,29)26-13-5-1-11(2-6-13)19(27)25-20-24-17-15(22)9-10-16(23)18(17)30-20/h1-10,26H,(H,24,25,27). The average Bonchev–Trinajstić information content (AvgIpc) is 3.16. The predicted octanol–water partition coefficient (Wildman–Crippen LogP) is 6.31. The van der Waals surface area contributed by atoms with Crippen LogP contribution in [0.1, 0.15) is 10.4 Å². The largest absolute Gasteiger partial charge is 0.298 e. The van der Waals surface area contributed by atoms with Crippen LogP contribution in [0.2, 0.25) is 15.1 Å². The van der Waals surface area contributed by atoms with E-state index >= 15 is 0 Å². The second-order valence-corrected chi connectivity index (χ2v) is 10.2. The third-order valence-electron chi connectivity index (χ3n) is 4.19. The van der Waals surface area contributed by atoms with Gasteiger partial charge in [-0.15, -0.1) is 0 Å². The molecule has 0 radical (unpaired) electrons. The van der Waals surface area contributed by atoms with Crippen molar-refractivity contribution < 1.29 is 13.2 Å². The van der Waals surface area contributed by atoms with E-state index < -0.39 is 15.9 Å². The van der Waals surface area contributed by atoms with Crippen LogP contribution >= 0.6 is 46.1 Å². The average molecular weight is 513 g/mol. The number of thiazole rings is 1. The van der Waals surface area contributed by atoms with E-state index in [2.05, 4.69) is 15.0 Å². The minimum Gasteiger partial charge on any atom is -0.298 e. The number of nitrogens with zero attached hydrogens (tertiary/aromatic N) is 1. The highest BCUT2D eigenvalue weighted by atomic mass is 35.5. The van der Waals surface area contributed by atoms with Gasteiger partial charge < -0.3 is 0 Å². The van der Waals surface area contributed by atoms with Gasteiger partial charge in [0.05, 0.1) is 19.6 Å². The number of carbonyl (C=O) groups is 1. The van der Waals surface area contributed by atoms with Crippen LogP contribution in [0.15, 0.2) is 65.6 Å². The van der Waals surface area contributed by atoms with Gasteiger partial charge in [-0.05, 0) is 60.7 Å². The molecule has 0 unspecified atom stereocenters. The Labute approximate surface area is 196 Å². The predicted molar refractivity (Wildman–Crippen MR) is 126 cm³/mol. The van der Waals surface area contributed by atoms with Crippen LogP contribution < -0.4 is 10.0 Å². The quantitative estimate of drug-likeness (QED) is 0.328. The van der Waals surface area contributed by atoms with Gasteiger partial charge in [0, 0.05) is 16.3 Å². The van der Waals surface area contributed by atoms with Gasteiger partial charge in [-0.25, -0.2) is 13.4 Å². The summed E-state index contributed by atoms with van der Waals surface area (Å²) in [7, 11) is -3.78. The highest BCUT2D eigenvalue weighted by molar-refractivity contribution is 7.92. The number of nitrogens with one attached hydrogen (secondary N) is 2. The van der Waals surface area contributed by atoms with Crippen molar-refractivity contribution in [1.82, 2.24) is 4.98 Å². The lowest BCUT2D eigenvalue weighted by atomic mass is 10.2.